The summed E-state index contributed by atoms with van der Waals surface area (Å²) in [6.07, 6.45) is 3.17. The van der Waals surface area contributed by atoms with Crippen molar-refractivity contribution in [3.05, 3.63) is 29.8 Å². The molecule has 2 bridgehead atoms. The maximum atomic E-state index is 12.5. The molecule has 0 spiro atoms. The summed E-state index contributed by atoms with van der Waals surface area (Å²) in [5.41, 5.74) is 1.05. The van der Waals surface area contributed by atoms with Gasteiger partial charge in [-0.05, 0) is 50.8 Å². The van der Waals surface area contributed by atoms with Gasteiger partial charge in [0, 0.05) is 13.1 Å². The lowest BCUT2D eigenvalue weighted by Crippen LogP contribution is -2.51. The van der Waals surface area contributed by atoms with E-state index in [0.29, 0.717) is 11.8 Å². The second-order valence-corrected chi connectivity index (χ2v) is 8.07. The third-order valence-electron chi connectivity index (χ3n) is 4.72. The van der Waals surface area contributed by atoms with E-state index in [1.807, 2.05) is 19.1 Å². The standard InChI is InChI=1S/C16H23NO3S/c1-12-6-8-15(9-7-12)21(18,19)20-16-13-4-3-5-14(16)11-17(2)10-13/h6-9,13-14,16H,3-5,10-11H2,1-2H3/t13-,14-/m0/s1. The van der Waals surface area contributed by atoms with Crippen LogP contribution in [0.3, 0.4) is 0 Å². The molecule has 1 aromatic rings. The van der Waals surface area contributed by atoms with Gasteiger partial charge in [-0.3, -0.25) is 4.18 Å². The van der Waals surface area contributed by atoms with Crippen molar-refractivity contribution in [2.45, 2.75) is 37.2 Å². The van der Waals surface area contributed by atoms with E-state index >= 15 is 0 Å². The summed E-state index contributed by atoms with van der Waals surface area (Å²) in [7, 11) is -1.55. The van der Waals surface area contributed by atoms with Gasteiger partial charge in [0.1, 0.15) is 0 Å². The maximum Gasteiger partial charge on any atom is 0.297 e. The normalized spacial score (nSPS) is 30.3. The Balaban J connectivity index is 1.80. The van der Waals surface area contributed by atoms with Crippen LogP contribution in [0.2, 0.25) is 0 Å². The first-order valence-electron chi connectivity index (χ1n) is 7.64. The van der Waals surface area contributed by atoms with Crippen molar-refractivity contribution >= 4 is 10.1 Å². The molecule has 1 aliphatic carbocycles. The Morgan fingerprint density at radius 1 is 1.10 bits per heavy atom. The van der Waals surface area contributed by atoms with E-state index < -0.39 is 10.1 Å². The van der Waals surface area contributed by atoms with Crippen LogP contribution < -0.4 is 0 Å². The number of hydrogen-bond acceptors (Lipinski definition) is 4. The van der Waals surface area contributed by atoms with Crippen molar-refractivity contribution in [1.29, 1.82) is 0 Å². The van der Waals surface area contributed by atoms with Crippen molar-refractivity contribution in [3.8, 4) is 0 Å². The number of hydrogen-bond donors (Lipinski definition) is 0. The number of piperidine rings is 1. The van der Waals surface area contributed by atoms with Gasteiger partial charge in [-0.2, -0.15) is 8.42 Å². The van der Waals surface area contributed by atoms with Crippen molar-refractivity contribution in [2.24, 2.45) is 11.8 Å². The number of fused-ring (bicyclic) bond motifs is 2. The van der Waals surface area contributed by atoms with Crippen LogP contribution >= 0.6 is 0 Å². The molecule has 0 radical (unpaired) electrons. The van der Waals surface area contributed by atoms with Crippen molar-refractivity contribution in [2.75, 3.05) is 20.1 Å². The highest BCUT2D eigenvalue weighted by molar-refractivity contribution is 7.86. The van der Waals surface area contributed by atoms with Gasteiger partial charge in [-0.15, -0.1) is 0 Å². The van der Waals surface area contributed by atoms with E-state index in [1.54, 1.807) is 12.1 Å². The zero-order valence-corrected chi connectivity index (χ0v) is 13.5. The first-order valence-corrected chi connectivity index (χ1v) is 9.05. The summed E-state index contributed by atoms with van der Waals surface area (Å²) >= 11 is 0. The van der Waals surface area contributed by atoms with Crippen LogP contribution in [0.1, 0.15) is 24.8 Å². The molecule has 4 nitrogen and oxygen atoms in total. The highest BCUT2D eigenvalue weighted by atomic mass is 32.2. The van der Waals surface area contributed by atoms with E-state index in [4.69, 9.17) is 4.18 Å². The summed E-state index contributed by atoms with van der Waals surface area (Å²) in [6, 6.07) is 6.89. The van der Waals surface area contributed by atoms with Gasteiger partial charge >= 0.3 is 0 Å². The lowest BCUT2D eigenvalue weighted by molar-refractivity contribution is -0.0223. The summed E-state index contributed by atoms with van der Waals surface area (Å²) in [4.78, 5) is 2.57. The fraction of sp³-hybridized carbons (Fsp3) is 0.625. The molecule has 21 heavy (non-hydrogen) atoms. The van der Waals surface area contributed by atoms with E-state index in [2.05, 4.69) is 11.9 Å². The second-order valence-electron chi connectivity index (χ2n) is 6.50. The van der Waals surface area contributed by atoms with Gasteiger partial charge in [0.2, 0.25) is 0 Å². The average Bonchev–Trinajstić information content (AvgIpc) is 2.40. The molecule has 1 aliphatic heterocycles. The fourth-order valence-electron chi connectivity index (χ4n) is 3.69. The highest BCUT2D eigenvalue weighted by Crippen LogP contribution is 2.37. The molecule has 1 aromatic carbocycles. The molecule has 0 aromatic heterocycles. The molecule has 1 heterocycles. The molecule has 0 amide bonds. The van der Waals surface area contributed by atoms with Crippen LogP contribution in [0.25, 0.3) is 0 Å². The zero-order chi connectivity index (χ0) is 15.0. The Morgan fingerprint density at radius 2 is 1.67 bits per heavy atom. The van der Waals surface area contributed by atoms with Gasteiger partial charge in [-0.1, -0.05) is 24.1 Å². The molecule has 116 valence electrons. The van der Waals surface area contributed by atoms with Gasteiger partial charge in [-0.25, -0.2) is 0 Å². The molecule has 5 heteroatoms. The third kappa shape index (κ3) is 3.15. The topological polar surface area (TPSA) is 46.6 Å². The molecule has 3 rings (SSSR count). The molecule has 1 saturated carbocycles. The summed E-state index contributed by atoms with van der Waals surface area (Å²) < 4.78 is 30.6. The minimum absolute atomic E-state index is 0.152. The first-order chi connectivity index (χ1) is 9.95. The largest absolute Gasteiger partial charge is 0.306 e. The molecule has 2 atom stereocenters. The second kappa shape index (κ2) is 5.71. The predicted octanol–water partition coefficient (Wildman–Crippen LogP) is 2.43. The fourth-order valence-corrected chi connectivity index (χ4v) is 4.87. The smallest absolute Gasteiger partial charge is 0.297 e. The molecular formula is C16H23NO3S. The molecule has 0 unspecified atom stereocenters. The predicted molar refractivity (Wildman–Crippen MR) is 81.6 cm³/mol. The van der Waals surface area contributed by atoms with Crippen molar-refractivity contribution in [1.82, 2.24) is 4.90 Å². The van der Waals surface area contributed by atoms with Gasteiger partial charge in [0.25, 0.3) is 10.1 Å². The van der Waals surface area contributed by atoms with Gasteiger partial charge in [0.15, 0.2) is 0 Å². The Hall–Kier alpha value is -0.910. The summed E-state index contributed by atoms with van der Waals surface area (Å²) in [6.45, 7) is 3.81. The van der Waals surface area contributed by atoms with E-state index in [1.165, 1.54) is 6.42 Å². The Labute approximate surface area is 127 Å². The molecule has 1 saturated heterocycles. The molecule has 0 N–H and O–H groups in total. The van der Waals surface area contributed by atoms with Gasteiger partial charge < -0.3 is 4.90 Å². The van der Waals surface area contributed by atoms with Crippen LogP contribution in [-0.2, 0) is 14.3 Å². The lowest BCUT2D eigenvalue weighted by Gasteiger charge is -2.45. The number of benzene rings is 1. The Morgan fingerprint density at radius 3 is 2.24 bits per heavy atom. The van der Waals surface area contributed by atoms with Crippen molar-refractivity contribution < 1.29 is 12.6 Å². The van der Waals surface area contributed by atoms with Crippen LogP contribution in [0.4, 0.5) is 0 Å². The van der Waals surface area contributed by atoms with Crippen LogP contribution in [0.5, 0.6) is 0 Å². The van der Waals surface area contributed by atoms with Crippen LogP contribution in [-0.4, -0.2) is 39.6 Å². The molecular weight excluding hydrogens is 286 g/mol. The van der Waals surface area contributed by atoms with E-state index in [9.17, 15) is 8.42 Å². The Kier molecular flexibility index (Phi) is 4.08. The van der Waals surface area contributed by atoms with E-state index in [-0.39, 0.29) is 11.0 Å². The number of rotatable bonds is 3. The summed E-state index contributed by atoms with van der Waals surface area (Å²) in [5.74, 6) is 0.672. The maximum absolute atomic E-state index is 12.5. The van der Waals surface area contributed by atoms with Gasteiger partial charge in [0.05, 0.1) is 11.0 Å². The number of aryl methyl sites for hydroxylation is 1. The molecule has 2 aliphatic rings. The van der Waals surface area contributed by atoms with Crippen molar-refractivity contribution in [3.63, 3.8) is 0 Å². The monoisotopic (exact) mass is 309 g/mol. The summed E-state index contributed by atoms with van der Waals surface area (Å²) in [5, 5.41) is 0. The van der Waals surface area contributed by atoms with E-state index in [0.717, 1.165) is 31.5 Å². The highest BCUT2D eigenvalue weighted by Gasteiger charge is 2.41. The third-order valence-corrected chi connectivity index (χ3v) is 6.04. The average molecular weight is 309 g/mol. The lowest BCUT2D eigenvalue weighted by atomic mass is 9.75. The number of nitrogens with zero attached hydrogens (tertiary/aromatic N) is 1. The minimum atomic E-state index is -3.65. The van der Waals surface area contributed by atoms with Crippen LogP contribution in [0, 0.1) is 18.8 Å². The SMILES string of the molecule is Cc1ccc(S(=O)(=O)OC2[C@H]3CCC[C@H]2CN(C)C3)cc1. The number of likely N-dealkylation sites (tertiary alicyclic amines) is 1. The van der Waals surface area contributed by atoms with Crippen LogP contribution in [0.15, 0.2) is 29.2 Å². The quantitative estimate of drug-likeness (QED) is 0.805. The first kappa shape index (κ1) is 15.0. The Bertz CT molecular complexity index is 582. The molecule has 2 fully saturated rings. The minimum Gasteiger partial charge on any atom is -0.306 e. The zero-order valence-electron chi connectivity index (χ0n) is 12.7.